The number of anilines is 2. The van der Waals surface area contributed by atoms with Crippen molar-refractivity contribution in [2.45, 2.75) is 26.3 Å². The molecule has 0 spiro atoms. The van der Waals surface area contributed by atoms with E-state index >= 15 is 0 Å². The van der Waals surface area contributed by atoms with Crippen LogP contribution in [0.5, 0.6) is 0 Å². The van der Waals surface area contributed by atoms with E-state index in [1.54, 1.807) is 0 Å². The highest BCUT2D eigenvalue weighted by atomic mass is 19.1. The van der Waals surface area contributed by atoms with Crippen LogP contribution >= 0.6 is 0 Å². The van der Waals surface area contributed by atoms with E-state index in [1.807, 2.05) is 14.1 Å². The fraction of sp³-hybridized carbons (Fsp3) is 0.667. The molecule has 6 heteroatoms. The minimum atomic E-state index is -0.428. The van der Waals surface area contributed by atoms with Gasteiger partial charge in [0.1, 0.15) is 0 Å². The van der Waals surface area contributed by atoms with Gasteiger partial charge < -0.3 is 15.5 Å². The molecule has 2 N–H and O–H groups in total. The molecule has 1 rings (SSSR count). The highest BCUT2D eigenvalue weighted by Gasteiger charge is 2.09. The topological polar surface area (TPSA) is 53.1 Å². The molecule has 0 aliphatic heterocycles. The Bertz CT molecular complexity index is 369. The van der Waals surface area contributed by atoms with Crippen molar-refractivity contribution in [3.63, 3.8) is 0 Å². The summed E-state index contributed by atoms with van der Waals surface area (Å²) in [5.41, 5.74) is 0. The van der Waals surface area contributed by atoms with Crippen molar-refractivity contribution in [1.29, 1.82) is 0 Å². The Kier molecular flexibility index (Phi) is 5.77. The third kappa shape index (κ3) is 4.44. The van der Waals surface area contributed by atoms with Crippen LogP contribution in [-0.2, 0) is 0 Å². The van der Waals surface area contributed by atoms with E-state index in [2.05, 4.69) is 39.3 Å². The molecular formula is C12H22FN5. The fourth-order valence-corrected chi connectivity index (χ4v) is 1.24. The SMILES string of the molecule is CCCNc1ncc(F)c(NCC(C)N(C)C)n1. The zero-order valence-electron chi connectivity index (χ0n) is 11.5. The van der Waals surface area contributed by atoms with Crippen LogP contribution in [0.25, 0.3) is 0 Å². The van der Waals surface area contributed by atoms with Gasteiger partial charge in [0, 0.05) is 19.1 Å². The largest absolute Gasteiger partial charge is 0.366 e. The Balaban J connectivity index is 2.63. The van der Waals surface area contributed by atoms with E-state index in [9.17, 15) is 4.39 Å². The molecule has 0 radical (unpaired) electrons. The Morgan fingerprint density at radius 1 is 1.39 bits per heavy atom. The molecule has 102 valence electrons. The summed E-state index contributed by atoms with van der Waals surface area (Å²) in [5.74, 6) is 0.276. The number of nitrogens with zero attached hydrogens (tertiary/aromatic N) is 3. The lowest BCUT2D eigenvalue weighted by atomic mass is 10.3. The van der Waals surface area contributed by atoms with E-state index in [-0.39, 0.29) is 5.82 Å². The molecule has 1 heterocycles. The number of rotatable bonds is 7. The average Bonchev–Trinajstić information content (AvgIpc) is 2.35. The number of halogens is 1. The summed E-state index contributed by atoms with van der Waals surface area (Å²) in [6.07, 6.45) is 2.16. The zero-order valence-corrected chi connectivity index (χ0v) is 11.5. The number of hydrogen-bond donors (Lipinski definition) is 2. The van der Waals surface area contributed by atoms with Crippen molar-refractivity contribution in [2.24, 2.45) is 0 Å². The summed E-state index contributed by atoms with van der Waals surface area (Å²) in [4.78, 5) is 10.1. The molecule has 1 aromatic heterocycles. The highest BCUT2D eigenvalue weighted by Crippen LogP contribution is 2.12. The first-order valence-electron chi connectivity index (χ1n) is 6.21. The van der Waals surface area contributed by atoms with Crippen molar-refractivity contribution >= 4 is 11.8 Å². The van der Waals surface area contributed by atoms with Gasteiger partial charge in [0.15, 0.2) is 11.6 Å². The smallest absolute Gasteiger partial charge is 0.224 e. The van der Waals surface area contributed by atoms with Crippen LogP contribution in [0.15, 0.2) is 6.20 Å². The lowest BCUT2D eigenvalue weighted by Gasteiger charge is -2.20. The first kappa shape index (κ1) is 14.6. The summed E-state index contributed by atoms with van der Waals surface area (Å²) in [5, 5.41) is 6.04. The van der Waals surface area contributed by atoms with Crippen LogP contribution < -0.4 is 10.6 Å². The minimum Gasteiger partial charge on any atom is -0.366 e. The number of aromatic nitrogens is 2. The standard InChI is InChI=1S/C12H22FN5/c1-5-6-14-12-16-8-10(13)11(17-12)15-7-9(2)18(3)4/h8-9H,5-7H2,1-4H3,(H2,14,15,16,17). The molecule has 18 heavy (non-hydrogen) atoms. The monoisotopic (exact) mass is 255 g/mol. The van der Waals surface area contributed by atoms with Gasteiger partial charge in [-0.3, -0.25) is 0 Å². The van der Waals surface area contributed by atoms with Crippen molar-refractivity contribution in [1.82, 2.24) is 14.9 Å². The number of nitrogens with one attached hydrogen (secondary N) is 2. The maximum Gasteiger partial charge on any atom is 0.224 e. The van der Waals surface area contributed by atoms with Gasteiger partial charge in [-0.05, 0) is 27.4 Å². The van der Waals surface area contributed by atoms with E-state index < -0.39 is 5.82 Å². The van der Waals surface area contributed by atoms with E-state index in [4.69, 9.17) is 0 Å². The zero-order chi connectivity index (χ0) is 13.5. The molecule has 1 atom stereocenters. The molecule has 0 saturated heterocycles. The Labute approximate surface area is 108 Å². The first-order valence-corrected chi connectivity index (χ1v) is 6.21. The first-order chi connectivity index (χ1) is 8.54. The quantitative estimate of drug-likeness (QED) is 0.778. The van der Waals surface area contributed by atoms with Gasteiger partial charge in [-0.1, -0.05) is 6.92 Å². The fourth-order valence-electron chi connectivity index (χ4n) is 1.24. The highest BCUT2D eigenvalue weighted by molar-refractivity contribution is 5.41. The molecule has 1 unspecified atom stereocenters. The second-order valence-corrected chi connectivity index (χ2v) is 4.51. The molecule has 0 amide bonds. The maximum atomic E-state index is 13.5. The van der Waals surface area contributed by atoms with Gasteiger partial charge in [0.25, 0.3) is 0 Å². The van der Waals surface area contributed by atoms with Crippen LogP contribution in [0.1, 0.15) is 20.3 Å². The Morgan fingerprint density at radius 2 is 2.11 bits per heavy atom. The van der Waals surface area contributed by atoms with Crippen LogP contribution in [0.3, 0.4) is 0 Å². The average molecular weight is 255 g/mol. The molecule has 0 aliphatic rings. The lowest BCUT2D eigenvalue weighted by Crippen LogP contribution is -2.32. The Hall–Kier alpha value is -1.43. The molecule has 0 aliphatic carbocycles. The van der Waals surface area contributed by atoms with E-state index in [0.717, 1.165) is 13.0 Å². The van der Waals surface area contributed by atoms with Gasteiger partial charge in [0.05, 0.1) is 6.20 Å². The molecule has 5 nitrogen and oxygen atoms in total. The third-order valence-corrected chi connectivity index (χ3v) is 2.72. The third-order valence-electron chi connectivity index (χ3n) is 2.72. The van der Waals surface area contributed by atoms with Gasteiger partial charge in [0.2, 0.25) is 5.95 Å². The Morgan fingerprint density at radius 3 is 2.72 bits per heavy atom. The van der Waals surface area contributed by atoms with Crippen molar-refractivity contribution < 1.29 is 4.39 Å². The van der Waals surface area contributed by atoms with Crippen LogP contribution in [-0.4, -0.2) is 48.1 Å². The lowest BCUT2D eigenvalue weighted by molar-refractivity contribution is 0.325. The molecule has 0 saturated carbocycles. The summed E-state index contributed by atoms with van der Waals surface area (Å²) in [7, 11) is 3.97. The van der Waals surface area contributed by atoms with Gasteiger partial charge >= 0.3 is 0 Å². The van der Waals surface area contributed by atoms with E-state index in [1.165, 1.54) is 6.20 Å². The summed E-state index contributed by atoms with van der Waals surface area (Å²) in [6.45, 7) is 5.52. The van der Waals surface area contributed by atoms with Gasteiger partial charge in [-0.15, -0.1) is 0 Å². The maximum absolute atomic E-state index is 13.5. The molecule has 0 bridgehead atoms. The van der Waals surface area contributed by atoms with Gasteiger partial charge in [-0.25, -0.2) is 9.37 Å². The molecule has 0 fully saturated rings. The van der Waals surface area contributed by atoms with Gasteiger partial charge in [-0.2, -0.15) is 4.98 Å². The second-order valence-electron chi connectivity index (χ2n) is 4.51. The summed E-state index contributed by atoms with van der Waals surface area (Å²) < 4.78 is 13.5. The number of likely N-dealkylation sites (N-methyl/N-ethyl adjacent to an activating group) is 1. The van der Waals surface area contributed by atoms with E-state index in [0.29, 0.717) is 18.5 Å². The predicted molar refractivity (Wildman–Crippen MR) is 72.4 cm³/mol. The molecular weight excluding hydrogens is 233 g/mol. The second kappa shape index (κ2) is 7.10. The number of hydrogen-bond acceptors (Lipinski definition) is 5. The van der Waals surface area contributed by atoms with Crippen molar-refractivity contribution in [2.75, 3.05) is 37.8 Å². The van der Waals surface area contributed by atoms with Crippen molar-refractivity contribution in [3.8, 4) is 0 Å². The van der Waals surface area contributed by atoms with Crippen LogP contribution in [0, 0.1) is 5.82 Å². The summed E-state index contributed by atoms with van der Waals surface area (Å²) in [6, 6.07) is 0.298. The molecule has 0 aromatic carbocycles. The normalized spacial score (nSPS) is 12.6. The van der Waals surface area contributed by atoms with Crippen LogP contribution in [0.2, 0.25) is 0 Å². The van der Waals surface area contributed by atoms with Crippen LogP contribution in [0.4, 0.5) is 16.2 Å². The van der Waals surface area contributed by atoms with Crippen molar-refractivity contribution in [3.05, 3.63) is 12.0 Å². The molecule has 1 aromatic rings. The summed E-state index contributed by atoms with van der Waals surface area (Å²) >= 11 is 0. The minimum absolute atomic E-state index is 0.248. The predicted octanol–water partition coefficient (Wildman–Crippen LogP) is 1.80.